The minimum atomic E-state index is -1.26. The molecule has 0 aliphatic heterocycles. The molecule has 0 spiro atoms. The Balaban J connectivity index is 2.17. The number of anilines is 1. The molecule has 1 aromatic heterocycles. The standard InChI is InChI=1S/C15H13ClN2OS/c1-17-15-12-9-10-18(14(12)8-7-13(15)16)20(19)11-5-3-2-4-6-11/h2-10,17H,1H3. The van der Waals surface area contributed by atoms with E-state index in [1.54, 1.807) is 3.97 Å². The summed E-state index contributed by atoms with van der Waals surface area (Å²) in [5.74, 6) is 0. The molecule has 0 aliphatic carbocycles. The van der Waals surface area contributed by atoms with Crippen LogP contribution in [0, 0.1) is 0 Å². The van der Waals surface area contributed by atoms with Gasteiger partial charge in [-0.25, -0.2) is 4.21 Å². The van der Waals surface area contributed by atoms with Gasteiger partial charge in [0.25, 0.3) is 0 Å². The van der Waals surface area contributed by atoms with E-state index < -0.39 is 11.0 Å². The molecule has 20 heavy (non-hydrogen) atoms. The minimum Gasteiger partial charge on any atom is -0.386 e. The van der Waals surface area contributed by atoms with E-state index in [1.807, 2.05) is 61.8 Å². The van der Waals surface area contributed by atoms with E-state index in [0.717, 1.165) is 21.5 Å². The van der Waals surface area contributed by atoms with E-state index in [2.05, 4.69) is 5.32 Å². The summed E-state index contributed by atoms with van der Waals surface area (Å²) in [5, 5.41) is 4.70. The molecule has 1 unspecified atom stereocenters. The third-order valence-corrected chi connectivity index (χ3v) is 4.83. The average Bonchev–Trinajstić information content (AvgIpc) is 2.91. The molecule has 2 aromatic carbocycles. The summed E-state index contributed by atoms with van der Waals surface area (Å²) in [6.45, 7) is 0. The van der Waals surface area contributed by atoms with Gasteiger partial charge in [0.2, 0.25) is 0 Å². The van der Waals surface area contributed by atoms with Crippen molar-refractivity contribution in [2.24, 2.45) is 0 Å². The van der Waals surface area contributed by atoms with Crippen molar-refractivity contribution in [1.29, 1.82) is 0 Å². The first-order chi connectivity index (χ1) is 9.72. The van der Waals surface area contributed by atoms with E-state index >= 15 is 0 Å². The van der Waals surface area contributed by atoms with Crippen molar-refractivity contribution >= 4 is 39.2 Å². The molecule has 3 aromatic rings. The monoisotopic (exact) mass is 304 g/mol. The summed E-state index contributed by atoms with van der Waals surface area (Å²) >= 11 is 6.16. The Hall–Kier alpha value is -1.78. The van der Waals surface area contributed by atoms with E-state index in [1.165, 1.54) is 0 Å². The van der Waals surface area contributed by atoms with Crippen LogP contribution in [0.25, 0.3) is 10.9 Å². The fourth-order valence-electron chi connectivity index (χ4n) is 2.21. The van der Waals surface area contributed by atoms with Crippen molar-refractivity contribution < 1.29 is 4.21 Å². The number of halogens is 1. The quantitative estimate of drug-likeness (QED) is 0.796. The number of fused-ring (bicyclic) bond motifs is 1. The Morgan fingerprint density at radius 3 is 2.55 bits per heavy atom. The van der Waals surface area contributed by atoms with Crippen molar-refractivity contribution in [1.82, 2.24) is 3.97 Å². The topological polar surface area (TPSA) is 34.0 Å². The Kier molecular flexibility index (Phi) is 3.51. The van der Waals surface area contributed by atoms with Gasteiger partial charge in [0, 0.05) is 18.6 Å². The molecule has 102 valence electrons. The molecular weight excluding hydrogens is 292 g/mol. The molecule has 0 radical (unpaired) electrons. The fourth-order valence-corrected chi connectivity index (χ4v) is 3.60. The van der Waals surface area contributed by atoms with Gasteiger partial charge in [-0.1, -0.05) is 29.8 Å². The molecule has 0 saturated carbocycles. The van der Waals surface area contributed by atoms with Gasteiger partial charge in [0.15, 0.2) is 11.0 Å². The lowest BCUT2D eigenvalue weighted by Gasteiger charge is -2.08. The van der Waals surface area contributed by atoms with Crippen LogP contribution in [-0.4, -0.2) is 15.2 Å². The van der Waals surface area contributed by atoms with Crippen LogP contribution in [0.2, 0.25) is 5.02 Å². The summed E-state index contributed by atoms with van der Waals surface area (Å²) in [7, 11) is 0.564. The Morgan fingerprint density at radius 2 is 1.85 bits per heavy atom. The Morgan fingerprint density at radius 1 is 1.10 bits per heavy atom. The first-order valence-corrected chi connectivity index (χ1v) is 7.65. The van der Waals surface area contributed by atoms with Gasteiger partial charge in [-0.3, -0.25) is 3.97 Å². The van der Waals surface area contributed by atoms with Crippen molar-refractivity contribution in [3.63, 3.8) is 0 Å². The summed E-state index contributed by atoms with van der Waals surface area (Å²) in [5.41, 5.74) is 1.74. The highest BCUT2D eigenvalue weighted by molar-refractivity contribution is 7.83. The molecule has 0 aliphatic rings. The number of nitrogens with zero attached hydrogens (tertiary/aromatic N) is 1. The molecule has 0 amide bonds. The first-order valence-electron chi connectivity index (χ1n) is 6.17. The predicted octanol–water partition coefficient (Wildman–Crippen LogP) is 3.91. The first kappa shape index (κ1) is 13.2. The lowest BCUT2D eigenvalue weighted by Crippen LogP contribution is -2.03. The predicted molar refractivity (Wildman–Crippen MR) is 84.7 cm³/mol. The van der Waals surface area contributed by atoms with Crippen LogP contribution in [0.15, 0.2) is 59.6 Å². The average molecular weight is 305 g/mol. The van der Waals surface area contributed by atoms with Crippen LogP contribution >= 0.6 is 11.6 Å². The summed E-state index contributed by atoms with van der Waals surface area (Å²) < 4.78 is 14.4. The largest absolute Gasteiger partial charge is 0.386 e. The number of hydrogen-bond donors (Lipinski definition) is 1. The highest BCUT2D eigenvalue weighted by Gasteiger charge is 2.13. The molecule has 0 saturated heterocycles. The van der Waals surface area contributed by atoms with Crippen LogP contribution < -0.4 is 5.32 Å². The van der Waals surface area contributed by atoms with Gasteiger partial charge in [0.1, 0.15) is 0 Å². The van der Waals surface area contributed by atoms with Crippen molar-refractivity contribution in [3.8, 4) is 0 Å². The Bertz CT molecular complexity index is 783. The minimum absolute atomic E-state index is 0.656. The lowest BCUT2D eigenvalue weighted by atomic mass is 10.2. The van der Waals surface area contributed by atoms with Gasteiger partial charge < -0.3 is 5.32 Å². The SMILES string of the molecule is CNc1c(Cl)ccc2c1ccn2S(=O)c1ccccc1. The van der Waals surface area contributed by atoms with Crippen molar-refractivity contribution in [2.75, 3.05) is 12.4 Å². The highest BCUT2D eigenvalue weighted by atomic mass is 35.5. The van der Waals surface area contributed by atoms with Gasteiger partial charge in [0.05, 0.1) is 21.1 Å². The number of nitrogens with one attached hydrogen (secondary N) is 1. The highest BCUT2D eigenvalue weighted by Crippen LogP contribution is 2.32. The van der Waals surface area contributed by atoms with Gasteiger partial charge in [-0.15, -0.1) is 0 Å². The van der Waals surface area contributed by atoms with Crippen molar-refractivity contribution in [2.45, 2.75) is 4.90 Å². The Labute approximate surface area is 124 Å². The zero-order valence-corrected chi connectivity index (χ0v) is 12.4. The molecule has 1 heterocycles. The summed E-state index contributed by atoms with van der Waals surface area (Å²) in [4.78, 5) is 0.769. The van der Waals surface area contributed by atoms with Crippen LogP contribution in [0.1, 0.15) is 0 Å². The third kappa shape index (κ3) is 2.11. The lowest BCUT2D eigenvalue weighted by molar-refractivity contribution is 0.678. The van der Waals surface area contributed by atoms with E-state index in [9.17, 15) is 4.21 Å². The molecule has 0 bridgehead atoms. The zero-order valence-electron chi connectivity index (χ0n) is 10.8. The summed E-state index contributed by atoms with van der Waals surface area (Å²) in [6.07, 6.45) is 1.82. The van der Waals surface area contributed by atoms with Gasteiger partial charge in [-0.2, -0.15) is 0 Å². The fraction of sp³-hybridized carbons (Fsp3) is 0.0667. The maximum atomic E-state index is 12.6. The maximum Gasteiger partial charge on any atom is 0.157 e. The number of rotatable bonds is 3. The van der Waals surface area contributed by atoms with Crippen LogP contribution in [0.4, 0.5) is 5.69 Å². The summed E-state index contributed by atoms with van der Waals surface area (Å²) in [6, 6.07) is 15.0. The second-order valence-electron chi connectivity index (χ2n) is 4.31. The normalized spacial score (nSPS) is 12.5. The molecule has 1 N–H and O–H groups in total. The van der Waals surface area contributed by atoms with Crippen LogP contribution in [0.3, 0.4) is 0 Å². The van der Waals surface area contributed by atoms with Gasteiger partial charge in [-0.05, 0) is 30.3 Å². The number of aromatic nitrogens is 1. The maximum absolute atomic E-state index is 12.6. The molecule has 3 rings (SSSR count). The third-order valence-electron chi connectivity index (χ3n) is 3.16. The second-order valence-corrected chi connectivity index (χ2v) is 6.08. The van der Waals surface area contributed by atoms with Crippen LogP contribution in [-0.2, 0) is 11.0 Å². The van der Waals surface area contributed by atoms with Crippen LogP contribution in [0.5, 0.6) is 0 Å². The number of benzene rings is 2. The van der Waals surface area contributed by atoms with Gasteiger partial charge >= 0.3 is 0 Å². The smallest absolute Gasteiger partial charge is 0.157 e. The molecular formula is C15H13ClN2OS. The van der Waals surface area contributed by atoms with E-state index in [4.69, 9.17) is 11.6 Å². The molecule has 5 heteroatoms. The van der Waals surface area contributed by atoms with E-state index in [-0.39, 0.29) is 0 Å². The second kappa shape index (κ2) is 5.31. The number of hydrogen-bond acceptors (Lipinski definition) is 2. The molecule has 1 atom stereocenters. The van der Waals surface area contributed by atoms with E-state index in [0.29, 0.717) is 5.02 Å². The molecule has 3 nitrogen and oxygen atoms in total. The zero-order chi connectivity index (χ0) is 14.1. The molecule has 0 fully saturated rings. The van der Waals surface area contributed by atoms with Crippen molar-refractivity contribution in [3.05, 3.63) is 59.8 Å².